The first-order valence-electron chi connectivity index (χ1n) is 4.50. The Morgan fingerprint density at radius 3 is 2.69 bits per heavy atom. The van der Waals surface area contributed by atoms with Crippen LogP contribution in [0.2, 0.25) is 5.02 Å². The second-order valence-electron chi connectivity index (χ2n) is 3.17. The van der Waals surface area contributed by atoms with Gasteiger partial charge in [0.2, 0.25) is 0 Å². The largest absolute Gasteiger partial charge is 0.504 e. The fourth-order valence-electron chi connectivity index (χ4n) is 1.35. The molecule has 0 saturated carbocycles. The number of carboxylic acid groups (broad SMARTS) is 1. The molecular weight excluding hydrogens is 234 g/mol. The summed E-state index contributed by atoms with van der Waals surface area (Å²) in [4.78, 5) is 10.9. The zero-order valence-corrected chi connectivity index (χ0v) is 9.36. The van der Waals surface area contributed by atoms with E-state index in [9.17, 15) is 9.90 Å². The summed E-state index contributed by atoms with van der Waals surface area (Å²) in [6, 6.07) is 2.62. The Kier molecular flexibility index (Phi) is 3.98. The monoisotopic (exact) mass is 245 g/mol. The molecule has 88 valence electrons. The minimum absolute atomic E-state index is 0.0804. The van der Waals surface area contributed by atoms with Crippen LogP contribution in [0.3, 0.4) is 0 Å². The van der Waals surface area contributed by atoms with Crippen molar-refractivity contribution in [3.8, 4) is 11.5 Å². The van der Waals surface area contributed by atoms with Gasteiger partial charge in [-0.1, -0.05) is 11.6 Å². The first kappa shape index (κ1) is 12.6. The highest BCUT2D eigenvalue weighted by Crippen LogP contribution is 2.35. The van der Waals surface area contributed by atoms with E-state index in [0.29, 0.717) is 5.56 Å². The van der Waals surface area contributed by atoms with Crippen molar-refractivity contribution < 1.29 is 19.7 Å². The van der Waals surface area contributed by atoms with Crippen LogP contribution in [0, 0.1) is 0 Å². The molecule has 0 heterocycles. The van der Waals surface area contributed by atoms with Crippen LogP contribution in [0.4, 0.5) is 0 Å². The lowest BCUT2D eigenvalue weighted by atomic mass is 9.99. The van der Waals surface area contributed by atoms with E-state index < -0.39 is 11.9 Å². The molecule has 0 aromatic heterocycles. The first-order chi connectivity index (χ1) is 7.51. The number of hydrogen-bond donors (Lipinski definition) is 3. The molecule has 0 aliphatic heterocycles. The Morgan fingerprint density at radius 1 is 1.62 bits per heavy atom. The van der Waals surface area contributed by atoms with Crippen molar-refractivity contribution in [1.82, 2.24) is 0 Å². The average Bonchev–Trinajstić information content (AvgIpc) is 2.21. The number of phenolic OH excluding ortho intramolecular Hbond substituents is 1. The number of benzene rings is 1. The van der Waals surface area contributed by atoms with E-state index in [1.165, 1.54) is 19.2 Å². The maximum absolute atomic E-state index is 10.9. The number of aromatic hydroxyl groups is 1. The van der Waals surface area contributed by atoms with Gasteiger partial charge in [0.05, 0.1) is 13.0 Å². The first-order valence-corrected chi connectivity index (χ1v) is 4.88. The third kappa shape index (κ3) is 2.37. The highest BCUT2D eigenvalue weighted by atomic mass is 35.5. The Balaban J connectivity index is 3.26. The molecule has 1 aromatic rings. The van der Waals surface area contributed by atoms with Gasteiger partial charge in [0.15, 0.2) is 11.5 Å². The summed E-state index contributed by atoms with van der Waals surface area (Å²) in [6.45, 7) is -0.0804. The van der Waals surface area contributed by atoms with Crippen molar-refractivity contribution in [1.29, 1.82) is 0 Å². The van der Waals surface area contributed by atoms with Crippen molar-refractivity contribution >= 4 is 17.6 Å². The van der Waals surface area contributed by atoms with Crippen LogP contribution in [0.1, 0.15) is 11.5 Å². The SMILES string of the molecule is COc1cc(C(CN)C(=O)O)c(Cl)cc1O. The topological polar surface area (TPSA) is 92.8 Å². The lowest BCUT2D eigenvalue weighted by molar-refractivity contribution is -0.138. The normalized spacial score (nSPS) is 12.2. The van der Waals surface area contributed by atoms with E-state index in [0.717, 1.165) is 0 Å². The molecule has 0 radical (unpaired) electrons. The lowest BCUT2D eigenvalue weighted by Crippen LogP contribution is -2.21. The van der Waals surface area contributed by atoms with E-state index in [1.54, 1.807) is 0 Å². The Bertz CT molecular complexity index is 408. The van der Waals surface area contributed by atoms with Crippen molar-refractivity contribution in [3.63, 3.8) is 0 Å². The van der Waals surface area contributed by atoms with E-state index in [4.69, 9.17) is 27.2 Å². The maximum Gasteiger partial charge on any atom is 0.312 e. The van der Waals surface area contributed by atoms with Crippen LogP contribution >= 0.6 is 11.6 Å². The summed E-state index contributed by atoms with van der Waals surface area (Å²) >= 11 is 5.84. The summed E-state index contributed by atoms with van der Waals surface area (Å²) in [6.07, 6.45) is 0. The molecule has 0 amide bonds. The fourth-order valence-corrected chi connectivity index (χ4v) is 1.64. The molecule has 6 heteroatoms. The van der Waals surface area contributed by atoms with Gasteiger partial charge in [-0.3, -0.25) is 4.79 Å². The highest BCUT2D eigenvalue weighted by molar-refractivity contribution is 6.31. The number of carbonyl (C=O) groups is 1. The molecule has 16 heavy (non-hydrogen) atoms. The molecule has 0 spiro atoms. The van der Waals surface area contributed by atoms with Gasteiger partial charge in [-0.05, 0) is 11.6 Å². The van der Waals surface area contributed by atoms with E-state index in [2.05, 4.69) is 0 Å². The van der Waals surface area contributed by atoms with Gasteiger partial charge in [0.25, 0.3) is 0 Å². The summed E-state index contributed by atoms with van der Waals surface area (Å²) < 4.78 is 4.87. The molecular formula is C10H12ClNO4. The number of hydrogen-bond acceptors (Lipinski definition) is 4. The van der Waals surface area contributed by atoms with Crippen LogP contribution in [-0.2, 0) is 4.79 Å². The molecule has 1 aromatic carbocycles. The number of nitrogens with two attached hydrogens (primary N) is 1. The van der Waals surface area contributed by atoms with Gasteiger partial charge in [0.1, 0.15) is 0 Å². The van der Waals surface area contributed by atoms with Crippen molar-refractivity contribution in [2.24, 2.45) is 5.73 Å². The molecule has 1 unspecified atom stereocenters. The lowest BCUT2D eigenvalue weighted by Gasteiger charge is -2.14. The molecule has 0 bridgehead atoms. The minimum atomic E-state index is -1.07. The van der Waals surface area contributed by atoms with Gasteiger partial charge in [0, 0.05) is 17.6 Å². The van der Waals surface area contributed by atoms with Crippen LogP contribution < -0.4 is 10.5 Å². The number of methoxy groups -OCH3 is 1. The van der Waals surface area contributed by atoms with Crippen LogP contribution in [0.25, 0.3) is 0 Å². The number of carboxylic acids is 1. The summed E-state index contributed by atoms with van der Waals surface area (Å²) in [5.41, 5.74) is 5.69. The Hall–Kier alpha value is -1.46. The predicted molar refractivity (Wildman–Crippen MR) is 59.1 cm³/mol. The van der Waals surface area contributed by atoms with E-state index in [1.807, 2.05) is 0 Å². The number of aliphatic carboxylic acids is 1. The third-order valence-corrected chi connectivity index (χ3v) is 2.53. The second kappa shape index (κ2) is 5.05. The summed E-state index contributed by atoms with van der Waals surface area (Å²) in [5.74, 6) is -1.96. The summed E-state index contributed by atoms with van der Waals surface area (Å²) in [7, 11) is 1.37. The summed E-state index contributed by atoms with van der Waals surface area (Å²) in [5, 5.41) is 18.5. The molecule has 4 N–H and O–H groups in total. The fraction of sp³-hybridized carbons (Fsp3) is 0.300. The third-order valence-electron chi connectivity index (χ3n) is 2.21. The Labute approximate surface area is 97.4 Å². The molecule has 0 saturated heterocycles. The van der Waals surface area contributed by atoms with Gasteiger partial charge in [-0.25, -0.2) is 0 Å². The highest BCUT2D eigenvalue weighted by Gasteiger charge is 2.22. The number of halogens is 1. The molecule has 0 fully saturated rings. The Morgan fingerprint density at radius 2 is 2.25 bits per heavy atom. The van der Waals surface area contributed by atoms with Crippen molar-refractivity contribution in [2.45, 2.75) is 5.92 Å². The van der Waals surface area contributed by atoms with E-state index >= 15 is 0 Å². The zero-order chi connectivity index (χ0) is 12.3. The molecule has 5 nitrogen and oxygen atoms in total. The van der Waals surface area contributed by atoms with Crippen LogP contribution in [-0.4, -0.2) is 29.8 Å². The minimum Gasteiger partial charge on any atom is -0.504 e. The van der Waals surface area contributed by atoms with Gasteiger partial charge < -0.3 is 20.7 Å². The van der Waals surface area contributed by atoms with E-state index in [-0.39, 0.29) is 23.1 Å². The second-order valence-corrected chi connectivity index (χ2v) is 3.58. The van der Waals surface area contributed by atoms with Crippen LogP contribution in [0.15, 0.2) is 12.1 Å². The van der Waals surface area contributed by atoms with Crippen molar-refractivity contribution in [2.75, 3.05) is 13.7 Å². The smallest absolute Gasteiger partial charge is 0.312 e. The average molecular weight is 246 g/mol. The van der Waals surface area contributed by atoms with Gasteiger partial charge in [-0.2, -0.15) is 0 Å². The molecule has 1 rings (SSSR count). The molecule has 0 aliphatic carbocycles. The zero-order valence-electron chi connectivity index (χ0n) is 8.61. The predicted octanol–water partition coefficient (Wildman–Crippen LogP) is 1.18. The molecule has 0 aliphatic rings. The van der Waals surface area contributed by atoms with Gasteiger partial charge in [-0.15, -0.1) is 0 Å². The maximum atomic E-state index is 10.9. The molecule has 1 atom stereocenters. The number of phenols is 1. The van der Waals surface area contributed by atoms with Crippen molar-refractivity contribution in [3.05, 3.63) is 22.7 Å². The standard InChI is InChI=1S/C10H12ClNO4/c1-16-9-2-5(6(4-12)10(14)15)7(11)3-8(9)13/h2-3,6,13H,4,12H2,1H3,(H,14,15). The number of rotatable bonds is 4. The van der Waals surface area contributed by atoms with Gasteiger partial charge >= 0.3 is 5.97 Å². The quantitative estimate of drug-likeness (QED) is 0.741. The van der Waals surface area contributed by atoms with Crippen LogP contribution in [0.5, 0.6) is 11.5 Å². The number of ether oxygens (including phenoxy) is 1.